The first-order valence-electron chi connectivity index (χ1n) is 18.0. The average Bonchev–Trinajstić information content (AvgIpc) is 3.44. The van der Waals surface area contributed by atoms with E-state index in [-0.39, 0.29) is 18.7 Å². The lowest BCUT2D eigenvalue weighted by atomic mass is 9.97. The van der Waals surface area contributed by atoms with Crippen LogP contribution in [0.2, 0.25) is 0 Å². The lowest BCUT2D eigenvalue weighted by molar-refractivity contribution is -0.136. The van der Waals surface area contributed by atoms with E-state index < -0.39 is 36.0 Å². The van der Waals surface area contributed by atoms with Gasteiger partial charge in [-0.05, 0) is 68.0 Å². The molecule has 3 aromatic rings. The number of carbonyl (C=O) groups excluding carboxylic acids is 2. The van der Waals surface area contributed by atoms with Gasteiger partial charge in [0.15, 0.2) is 0 Å². The lowest BCUT2D eigenvalue weighted by Gasteiger charge is -2.32. The molecule has 1 heterocycles. The van der Waals surface area contributed by atoms with Crippen molar-refractivity contribution >= 4 is 18.1 Å². The number of morpholine rings is 1. The molecule has 3 aromatic carbocycles. The molecule has 1 fully saturated rings. The van der Waals surface area contributed by atoms with Gasteiger partial charge in [0.05, 0.1) is 37.5 Å². The van der Waals surface area contributed by atoms with Crippen molar-refractivity contribution in [3.8, 4) is 5.75 Å². The molecule has 0 radical (unpaired) electrons. The molecule has 0 bridgehead atoms. The second-order valence-electron chi connectivity index (χ2n) is 14.3. The molecule has 4 atom stereocenters. The number of hydrogen-bond acceptors (Lipinski definition) is 8. The summed E-state index contributed by atoms with van der Waals surface area (Å²) in [5.74, 6) is 0.550. The summed E-state index contributed by atoms with van der Waals surface area (Å²) in [5.41, 5.74) is 3.14. The van der Waals surface area contributed by atoms with Crippen LogP contribution in [0.1, 0.15) is 61.9 Å². The van der Waals surface area contributed by atoms with Gasteiger partial charge in [-0.25, -0.2) is 4.79 Å². The molecular formula is C41H53N3O7. The molecule has 1 saturated heterocycles. The first-order valence-corrected chi connectivity index (χ1v) is 18.0. The van der Waals surface area contributed by atoms with Crippen molar-refractivity contribution in [2.75, 3.05) is 46.0 Å². The molecule has 10 heteroatoms. The second-order valence-corrected chi connectivity index (χ2v) is 14.3. The van der Waals surface area contributed by atoms with E-state index in [4.69, 9.17) is 14.2 Å². The highest BCUT2D eigenvalue weighted by Crippen LogP contribution is 2.36. The first kappa shape index (κ1) is 38.0. The molecule has 0 aromatic heterocycles. The molecule has 3 N–H and O–H groups in total. The van der Waals surface area contributed by atoms with Gasteiger partial charge in [0.1, 0.15) is 18.0 Å². The Morgan fingerprint density at radius 1 is 1.02 bits per heavy atom. The number of alkyl carbamates (subject to hydrolysis) is 1. The number of nitrogens with one attached hydrogen (secondary N) is 1. The van der Waals surface area contributed by atoms with Crippen LogP contribution in [0.15, 0.2) is 84.9 Å². The summed E-state index contributed by atoms with van der Waals surface area (Å²) in [5, 5.41) is 25.5. The Bertz CT molecular complexity index is 1570. The van der Waals surface area contributed by atoms with Crippen molar-refractivity contribution in [2.45, 2.75) is 76.3 Å². The van der Waals surface area contributed by atoms with Gasteiger partial charge in [-0.1, -0.05) is 78.9 Å². The third kappa shape index (κ3) is 11.7. The lowest BCUT2D eigenvalue weighted by Crippen LogP contribution is -2.47. The van der Waals surface area contributed by atoms with Gasteiger partial charge in [0, 0.05) is 39.0 Å². The number of amides is 2. The van der Waals surface area contributed by atoms with Crippen LogP contribution < -0.4 is 10.1 Å². The van der Waals surface area contributed by atoms with E-state index in [0.29, 0.717) is 26.0 Å². The van der Waals surface area contributed by atoms with Gasteiger partial charge < -0.3 is 34.6 Å². The van der Waals surface area contributed by atoms with E-state index in [1.165, 1.54) is 0 Å². The Labute approximate surface area is 302 Å². The average molecular weight is 700 g/mol. The minimum Gasteiger partial charge on any atom is -0.492 e. The number of aliphatic hydroxyl groups is 2. The van der Waals surface area contributed by atoms with Gasteiger partial charge in [-0.15, -0.1) is 0 Å². The van der Waals surface area contributed by atoms with Crippen LogP contribution in [0, 0.1) is 0 Å². The SMILES string of the molecule is CC(C)(C)OC(=O)N[C@@H](Cc1ccc(OCCN2CCOCC2)cc1)[C@@H](O)CCC(=O)N(CC=Cc1ccccc1)[C@H]1c2ccccc2C[C@H]1O. The Morgan fingerprint density at radius 2 is 1.73 bits per heavy atom. The summed E-state index contributed by atoms with van der Waals surface area (Å²) in [7, 11) is 0. The minimum atomic E-state index is -1.05. The number of fused-ring (bicyclic) bond motifs is 1. The van der Waals surface area contributed by atoms with E-state index in [2.05, 4.69) is 10.2 Å². The number of carbonyl (C=O) groups is 2. The number of nitrogens with zero attached hydrogens (tertiary/aromatic N) is 2. The Kier molecular flexibility index (Phi) is 13.7. The smallest absolute Gasteiger partial charge is 0.407 e. The minimum absolute atomic E-state index is 0.0220. The molecule has 274 valence electrons. The van der Waals surface area contributed by atoms with Crippen molar-refractivity contribution in [2.24, 2.45) is 0 Å². The first-order chi connectivity index (χ1) is 24.6. The maximum Gasteiger partial charge on any atom is 0.407 e. The van der Waals surface area contributed by atoms with E-state index in [1.807, 2.05) is 91.0 Å². The van der Waals surface area contributed by atoms with Crippen molar-refractivity contribution in [1.29, 1.82) is 0 Å². The predicted octanol–water partition coefficient (Wildman–Crippen LogP) is 5.17. The maximum absolute atomic E-state index is 14.0. The predicted molar refractivity (Wildman–Crippen MR) is 197 cm³/mol. The summed E-state index contributed by atoms with van der Waals surface area (Å²) in [6.45, 7) is 10.3. The van der Waals surface area contributed by atoms with Crippen LogP contribution in [0.3, 0.4) is 0 Å². The highest BCUT2D eigenvalue weighted by Gasteiger charge is 2.37. The normalized spacial score (nSPS) is 18.9. The monoisotopic (exact) mass is 699 g/mol. The molecule has 1 aliphatic carbocycles. The summed E-state index contributed by atoms with van der Waals surface area (Å²) < 4.78 is 16.9. The van der Waals surface area contributed by atoms with Crippen molar-refractivity contribution in [3.63, 3.8) is 0 Å². The molecule has 0 spiro atoms. The van der Waals surface area contributed by atoms with Crippen molar-refractivity contribution in [3.05, 3.63) is 107 Å². The molecule has 1 aliphatic heterocycles. The molecule has 5 rings (SSSR count). The standard InChI is InChI=1S/C41H53N3O7/c1-41(2,3)51-40(48)42-35(28-31-15-17-33(18-16-31)50-27-24-43-22-25-49-26-23-43)36(45)19-20-38(47)44(21-9-12-30-10-5-4-6-11-30)39-34-14-8-7-13-32(34)29-37(39)46/h4-18,35-37,39,45-46H,19-29H2,1-3H3,(H,42,48)/t35-,36-,37+,39-/m0/s1. The number of benzene rings is 3. The largest absolute Gasteiger partial charge is 0.492 e. The fraction of sp³-hybridized carbons (Fsp3) is 0.463. The number of hydrogen-bond donors (Lipinski definition) is 3. The quantitative estimate of drug-likeness (QED) is 0.199. The van der Waals surface area contributed by atoms with Crippen LogP contribution in [0.5, 0.6) is 5.75 Å². The zero-order valence-electron chi connectivity index (χ0n) is 30.1. The highest BCUT2D eigenvalue weighted by atomic mass is 16.6. The Balaban J connectivity index is 1.25. The van der Waals surface area contributed by atoms with Gasteiger partial charge in [0.25, 0.3) is 0 Å². The van der Waals surface area contributed by atoms with Crippen LogP contribution in [-0.4, -0.2) is 102 Å². The maximum atomic E-state index is 14.0. The fourth-order valence-electron chi connectivity index (χ4n) is 6.62. The number of aliphatic hydroxyl groups excluding tert-OH is 2. The summed E-state index contributed by atoms with van der Waals surface area (Å²) in [6.07, 6.45) is 2.38. The topological polar surface area (TPSA) is 121 Å². The summed E-state index contributed by atoms with van der Waals surface area (Å²) >= 11 is 0. The highest BCUT2D eigenvalue weighted by molar-refractivity contribution is 5.77. The number of rotatable bonds is 15. The molecule has 0 saturated carbocycles. The Hall–Kier alpha value is -4.22. The molecule has 51 heavy (non-hydrogen) atoms. The molecule has 2 amide bonds. The third-order valence-electron chi connectivity index (χ3n) is 9.21. The van der Waals surface area contributed by atoms with E-state index >= 15 is 0 Å². The van der Waals surface area contributed by atoms with Crippen molar-refractivity contribution in [1.82, 2.24) is 15.1 Å². The third-order valence-corrected chi connectivity index (χ3v) is 9.21. The molecule has 0 unspecified atom stereocenters. The van der Waals surface area contributed by atoms with E-state index in [0.717, 1.165) is 60.9 Å². The molecular weight excluding hydrogens is 646 g/mol. The van der Waals surface area contributed by atoms with Gasteiger partial charge in [-0.3, -0.25) is 9.69 Å². The summed E-state index contributed by atoms with van der Waals surface area (Å²) in [6, 6.07) is 24.1. The van der Waals surface area contributed by atoms with Crippen molar-refractivity contribution < 1.29 is 34.0 Å². The zero-order chi connectivity index (χ0) is 36.2. The number of ether oxygens (including phenoxy) is 3. The molecule has 10 nitrogen and oxygen atoms in total. The van der Waals surface area contributed by atoms with Crippen LogP contribution in [-0.2, 0) is 27.1 Å². The van der Waals surface area contributed by atoms with E-state index in [1.54, 1.807) is 25.7 Å². The van der Waals surface area contributed by atoms with Gasteiger partial charge in [-0.2, -0.15) is 0 Å². The fourth-order valence-corrected chi connectivity index (χ4v) is 6.62. The second kappa shape index (κ2) is 18.3. The zero-order valence-corrected chi connectivity index (χ0v) is 30.1. The Morgan fingerprint density at radius 3 is 2.45 bits per heavy atom. The van der Waals surface area contributed by atoms with E-state index in [9.17, 15) is 19.8 Å². The van der Waals surface area contributed by atoms with Gasteiger partial charge in [0.2, 0.25) is 5.91 Å². The van der Waals surface area contributed by atoms with Crippen LogP contribution >= 0.6 is 0 Å². The molecule has 2 aliphatic rings. The van der Waals surface area contributed by atoms with Gasteiger partial charge >= 0.3 is 6.09 Å². The summed E-state index contributed by atoms with van der Waals surface area (Å²) in [4.78, 5) is 30.9. The van der Waals surface area contributed by atoms with Crippen LogP contribution in [0.4, 0.5) is 4.79 Å². The van der Waals surface area contributed by atoms with Crippen LogP contribution in [0.25, 0.3) is 6.08 Å².